The van der Waals surface area contributed by atoms with Crippen LogP contribution in [0.2, 0.25) is 18.1 Å². The molecule has 1 aliphatic carbocycles. The maximum atomic E-state index is 12.5. The highest BCUT2D eigenvalue weighted by Crippen LogP contribution is 2.37. The highest BCUT2D eigenvalue weighted by molar-refractivity contribution is 6.74. The van der Waals surface area contributed by atoms with Crippen LogP contribution in [-0.2, 0) is 18.8 Å². The van der Waals surface area contributed by atoms with Crippen LogP contribution in [0.25, 0.3) is 0 Å². The Bertz CT molecular complexity index is 619. The molecule has 0 radical (unpaired) electrons. The van der Waals surface area contributed by atoms with Gasteiger partial charge in [-0.25, -0.2) is 15.6 Å². The Balaban J connectivity index is 2.45. The predicted octanol–water partition coefficient (Wildman–Crippen LogP) is 3.32. The number of carbonyl (C=O) groups is 3. The molecule has 1 aliphatic rings. The Kier molecular flexibility index (Phi) is 8.06. The van der Waals surface area contributed by atoms with E-state index in [2.05, 4.69) is 26.1 Å². The number of alkyl carbamates (subject to hydrolysis) is 1. The summed E-state index contributed by atoms with van der Waals surface area (Å²) in [6.45, 7) is 17.4. The first kappa shape index (κ1) is 25.6. The lowest BCUT2D eigenvalue weighted by atomic mass is 9.78. The van der Waals surface area contributed by atoms with Crippen molar-refractivity contribution in [3.05, 3.63) is 0 Å². The number of rotatable bonds is 6. The van der Waals surface area contributed by atoms with Crippen molar-refractivity contribution in [2.24, 2.45) is 11.8 Å². The minimum absolute atomic E-state index is 0.0228. The van der Waals surface area contributed by atoms with Gasteiger partial charge in [0, 0.05) is 12.5 Å². The smallest absolute Gasteiger partial charge is 0.407 e. The van der Waals surface area contributed by atoms with Gasteiger partial charge in [0.15, 0.2) is 8.32 Å². The number of amides is 3. The molecule has 3 N–H and O–H groups in total. The van der Waals surface area contributed by atoms with E-state index in [1.54, 1.807) is 27.7 Å². The molecule has 1 rings (SSSR count). The number of ether oxygens (including phenoxy) is 1. The quantitative estimate of drug-likeness (QED) is 0.290. The van der Waals surface area contributed by atoms with Crippen LogP contribution in [-0.4, -0.2) is 49.0 Å². The van der Waals surface area contributed by atoms with E-state index in [0.29, 0.717) is 17.9 Å². The molecule has 0 unspecified atom stereocenters. The van der Waals surface area contributed by atoms with E-state index in [1.807, 2.05) is 13.1 Å². The molecule has 29 heavy (non-hydrogen) atoms. The van der Waals surface area contributed by atoms with E-state index in [4.69, 9.17) is 15.0 Å². The van der Waals surface area contributed by atoms with Gasteiger partial charge in [-0.1, -0.05) is 20.8 Å². The molecule has 0 aromatic rings. The summed E-state index contributed by atoms with van der Waals surface area (Å²) >= 11 is 0. The standard InChI is InChI=1S/C20H39N3O5Si/c1-13(28-29(8,9)20(5,6)7)17(25)23(21)16(24)12-14-10-15(11-14)22-18(26)27-19(2,3)4/h13-15H,10-12,21H2,1-9H3,(H,22,26)/t13-,14?,15?/m0/s1. The number of nitrogens with two attached hydrogens (primary N) is 1. The molecule has 0 aliphatic heterocycles. The average molecular weight is 430 g/mol. The Morgan fingerprint density at radius 2 is 1.66 bits per heavy atom. The monoisotopic (exact) mass is 429 g/mol. The molecular weight excluding hydrogens is 390 g/mol. The molecule has 1 fully saturated rings. The van der Waals surface area contributed by atoms with Crippen LogP contribution < -0.4 is 11.2 Å². The summed E-state index contributed by atoms with van der Waals surface area (Å²) in [5.41, 5.74) is -0.549. The Hall–Kier alpha value is -1.45. The van der Waals surface area contributed by atoms with Gasteiger partial charge in [-0.15, -0.1) is 0 Å². The SMILES string of the molecule is C[C@H](O[Si](C)(C)C(C)(C)C)C(=O)N(N)C(=O)CC1CC(NC(=O)OC(C)(C)C)C1. The van der Waals surface area contributed by atoms with E-state index in [-0.39, 0.29) is 23.4 Å². The summed E-state index contributed by atoms with van der Waals surface area (Å²) in [6, 6.07) is -0.0228. The van der Waals surface area contributed by atoms with Crippen molar-refractivity contribution in [1.82, 2.24) is 10.3 Å². The molecular formula is C20H39N3O5Si. The first-order valence-corrected chi connectivity index (χ1v) is 13.1. The zero-order valence-electron chi connectivity index (χ0n) is 19.4. The fraction of sp³-hybridized carbons (Fsp3) is 0.850. The van der Waals surface area contributed by atoms with E-state index in [0.717, 1.165) is 0 Å². The van der Waals surface area contributed by atoms with Crippen LogP contribution in [0.4, 0.5) is 4.79 Å². The fourth-order valence-electron chi connectivity index (χ4n) is 2.83. The molecule has 0 aromatic carbocycles. The minimum Gasteiger partial charge on any atom is -0.444 e. The van der Waals surface area contributed by atoms with Crippen LogP contribution >= 0.6 is 0 Å². The third kappa shape index (κ3) is 7.71. The van der Waals surface area contributed by atoms with Crippen molar-refractivity contribution in [2.75, 3.05) is 0 Å². The lowest BCUT2D eigenvalue weighted by Crippen LogP contribution is -2.53. The third-order valence-corrected chi connectivity index (χ3v) is 10.1. The average Bonchev–Trinajstić information content (AvgIpc) is 2.47. The van der Waals surface area contributed by atoms with E-state index >= 15 is 0 Å². The summed E-state index contributed by atoms with van der Waals surface area (Å²) < 4.78 is 11.3. The molecule has 1 saturated carbocycles. The highest BCUT2D eigenvalue weighted by Gasteiger charge is 2.41. The Labute approximate surface area is 176 Å². The van der Waals surface area contributed by atoms with Crippen molar-refractivity contribution >= 4 is 26.2 Å². The van der Waals surface area contributed by atoms with Gasteiger partial charge in [-0.2, -0.15) is 0 Å². The van der Waals surface area contributed by atoms with Crippen LogP contribution in [0.5, 0.6) is 0 Å². The lowest BCUT2D eigenvalue weighted by molar-refractivity contribution is -0.150. The summed E-state index contributed by atoms with van der Waals surface area (Å²) in [6.07, 6.45) is 0.250. The zero-order valence-corrected chi connectivity index (χ0v) is 20.4. The van der Waals surface area contributed by atoms with E-state index in [1.165, 1.54) is 0 Å². The molecule has 9 heteroatoms. The van der Waals surface area contributed by atoms with Gasteiger partial charge in [0.1, 0.15) is 11.7 Å². The number of hydrogen-bond acceptors (Lipinski definition) is 6. The number of imide groups is 1. The van der Waals surface area contributed by atoms with E-state index < -0.39 is 37.9 Å². The van der Waals surface area contributed by atoms with Crippen molar-refractivity contribution in [1.29, 1.82) is 0 Å². The largest absolute Gasteiger partial charge is 0.444 e. The fourth-order valence-corrected chi connectivity index (χ4v) is 4.17. The molecule has 8 nitrogen and oxygen atoms in total. The van der Waals surface area contributed by atoms with Gasteiger partial charge in [-0.05, 0) is 64.6 Å². The van der Waals surface area contributed by atoms with Crippen LogP contribution in [0.3, 0.4) is 0 Å². The second-order valence-electron chi connectivity index (χ2n) is 10.5. The van der Waals surface area contributed by atoms with E-state index in [9.17, 15) is 14.4 Å². The second kappa shape index (κ2) is 9.14. The molecule has 0 saturated heterocycles. The minimum atomic E-state index is -2.15. The topological polar surface area (TPSA) is 111 Å². The van der Waals surface area contributed by atoms with Gasteiger partial charge in [0.05, 0.1) is 0 Å². The molecule has 0 aromatic heterocycles. The first-order valence-electron chi connectivity index (χ1n) is 10.2. The normalized spacial score (nSPS) is 21.0. The molecule has 168 valence electrons. The summed E-state index contributed by atoms with van der Waals surface area (Å²) in [7, 11) is -2.15. The molecule has 0 bridgehead atoms. The predicted molar refractivity (Wildman–Crippen MR) is 114 cm³/mol. The maximum absolute atomic E-state index is 12.5. The summed E-state index contributed by atoms with van der Waals surface area (Å²) in [4.78, 5) is 36.7. The number of carbonyl (C=O) groups excluding carboxylic acids is 3. The second-order valence-corrected chi connectivity index (χ2v) is 15.3. The molecule has 0 spiro atoms. The van der Waals surface area contributed by atoms with Gasteiger partial charge in [-0.3, -0.25) is 9.59 Å². The lowest BCUT2D eigenvalue weighted by Gasteiger charge is -2.39. The zero-order chi connectivity index (χ0) is 22.8. The van der Waals surface area contributed by atoms with Gasteiger partial charge in [0.2, 0.25) is 5.91 Å². The van der Waals surface area contributed by atoms with Crippen molar-refractivity contribution in [3.63, 3.8) is 0 Å². The number of nitrogens with one attached hydrogen (secondary N) is 1. The van der Waals surface area contributed by atoms with Crippen LogP contribution in [0.1, 0.15) is 67.7 Å². The van der Waals surface area contributed by atoms with Crippen LogP contribution in [0.15, 0.2) is 0 Å². The molecule has 3 amide bonds. The van der Waals surface area contributed by atoms with Crippen molar-refractivity contribution < 1.29 is 23.5 Å². The number of nitrogens with zero attached hydrogens (tertiary/aromatic N) is 1. The van der Waals surface area contributed by atoms with Crippen molar-refractivity contribution in [3.8, 4) is 0 Å². The van der Waals surface area contributed by atoms with Gasteiger partial charge >= 0.3 is 6.09 Å². The van der Waals surface area contributed by atoms with Crippen LogP contribution in [0, 0.1) is 5.92 Å². The van der Waals surface area contributed by atoms with Crippen molar-refractivity contribution in [2.45, 2.75) is 104 Å². The third-order valence-electron chi connectivity index (χ3n) is 5.55. The van der Waals surface area contributed by atoms with Gasteiger partial charge in [0.25, 0.3) is 5.91 Å². The first-order chi connectivity index (χ1) is 12.9. The molecule has 1 atom stereocenters. The Morgan fingerprint density at radius 3 is 2.10 bits per heavy atom. The summed E-state index contributed by atoms with van der Waals surface area (Å²) in [5, 5.41) is 3.42. The maximum Gasteiger partial charge on any atom is 0.407 e. The molecule has 0 heterocycles. The Morgan fingerprint density at radius 1 is 1.14 bits per heavy atom. The van der Waals surface area contributed by atoms with Gasteiger partial charge < -0.3 is 14.5 Å². The number of hydrazine groups is 1. The summed E-state index contributed by atoms with van der Waals surface area (Å²) in [5.74, 6) is 4.91. The number of hydrogen-bond donors (Lipinski definition) is 2. The highest BCUT2D eigenvalue weighted by atomic mass is 28.4.